The van der Waals surface area contributed by atoms with Gasteiger partial charge in [0.1, 0.15) is 11.6 Å². The van der Waals surface area contributed by atoms with Gasteiger partial charge in [-0.25, -0.2) is 0 Å². The fourth-order valence-corrected chi connectivity index (χ4v) is 1.68. The molecule has 1 rings (SSSR count). The molecule has 1 atom stereocenters. The maximum absolute atomic E-state index is 11.7. The lowest BCUT2D eigenvalue weighted by atomic mass is 10.0. The SMILES string of the molecule is CC(C)(C)OC(=O)Cc1ccc(C[C@@H](N)C(=O)O)cc1. The van der Waals surface area contributed by atoms with Crippen LogP contribution in [0.4, 0.5) is 0 Å². The van der Waals surface area contributed by atoms with E-state index in [1.807, 2.05) is 20.8 Å². The van der Waals surface area contributed by atoms with Gasteiger partial charge in [0, 0.05) is 0 Å². The van der Waals surface area contributed by atoms with Crippen LogP contribution in [0.1, 0.15) is 31.9 Å². The summed E-state index contributed by atoms with van der Waals surface area (Å²) in [4.78, 5) is 22.3. The maximum Gasteiger partial charge on any atom is 0.320 e. The molecule has 0 heterocycles. The van der Waals surface area contributed by atoms with E-state index in [2.05, 4.69) is 0 Å². The normalized spacial score (nSPS) is 12.8. The summed E-state index contributed by atoms with van der Waals surface area (Å²) in [6.07, 6.45) is 0.463. The van der Waals surface area contributed by atoms with Crippen molar-refractivity contribution in [2.45, 2.75) is 45.3 Å². The Labute approximate surface area is 118 Å². The largest absolute Gasteiger partial charge is 0.480 e. The summed E-state index contributed by atoms with van der Waals surface area (Å²) in [6, 6.07) is 6.22. The third-order valence-electron chi connectivity index (χ3n) is 2.56. The smallest absolute Gasteiger partial charge is 0.320 e. The molecule has 3 N–H and O–H groups in total. The molecule has 0 fully saturated rings. The molecule has 5 heteroatoms. The molecule has 0 saturated carbocycles. The molecular formula is C15H21NO4. The van der Waals surface area contributed by atoms with Crippen molar-refractivity contribution in [2.24, 2.45) is 5.73 Å². The molecule has 0 saturated heterocycles. The van der Waals surface area contributed by atoms with Crippen LogP contribution in [0, 0.1) is 0 Å². The van der Waals surface area contributed by atoms with E-state index in [0.717, 1.165) is 11.1 Å². The van der Waals surface area contributed by atoms with Gasteiger partial charge in [-0.15, -0.1) is 0 Å². The van der Waals surface area contributed by atoms with Crippen molar-refractivity contribution < 1.29 is 19.4 Å². The highest BCUT2D eigenvalue weighted by molar-refractivity contribution is 5.74. The lowest BCUT2D eigenvalue weighted by Crippen LogP contribution is -2.32. The molecule has 0 unspecified atom stereocenters. The number of carboxylic acids is 1. The summed E-state index contributed by atoms with van der Waals surface area (Å²) in [6.45, 7) is 5.46. The predicted octanol–water partition coefficient (Wildman–Crippen LogP) is 1.53. The second-order valence-electron chi connectivity index (χ2n) is 5.73. The number of benzene rings is 1. The molecule has 1 aromatic carbocycles. The Morgan fingerprint density at radius 1 is 1.20 bits per heavy atom. The summed E-state index contributed by atoms with van der Waals surface area (Å²) in [5.74, 6) is -1.31. The highest BCUT2D eigenvalue weighted by Crippen LogP contribution is 2.11. The topological polar surface area (TPSA) is 89.6 Å². The van der Waals surface area contributed by atoms with Crippen molar-refractivity contribution in [3.05, 3.63) is 35.4 Å². The minimum Gasteiger partial charge on any atom is -0.480 e. The second-order valence-corrected chi connectivity index (χ2v) is 5.73. The minimum atomic E-state index is -1.03. The average molecular weight is 279 g/mol. The van der Waals surface area contributed by atoms with Crippen LogP contribution >= 0.6 is 0 Å². The minimum absolute atomic E-state index is 0.197. The zero-order chi connectivity index (χ0) is 15.3. The first kappa shape index (κ1) is 16.2. The van der Waals surface area contributed by atoms with Crippen LogP contribution in [-0.2, 0) is 27.2 Å². The molecular weight excluding hydrogens is 258 g/mol. The zero-order valence-electron chi connectivity index (χ0n) is 12.1. The number of nitrogens with two attached hydrogens (primary N) is 1. The van der Waals surface area contributed by atoms with Gasteiger partial charge in [0.05, 0.1) is 6.42 Å². The van der Waals surface area contributed by atoms with Gasteiger partial charge in [-0.3, -0.25) is 9.59 Å². The second kappa shape index (κ2) is 6.52. The summed E-state index contributed by atoms with van der Waals surface area (Å²) in [5, 5.41) is 8.74. The van der Waals surface area contributed by atoms with E-state index in [9.17, 15) is 9.59 Å². The molecule has 0 aliphatic carbocycles. The summed E-state index contributed by atoms with van der Waals surface area (Å²) < 4.78 is 5.23. The Hall–Kier alpha value is -1.88. The number of rotatable bonds is 5. The van der Waals surface area contributed by atoms with E-state index in [1.54, 1.807) is 24.3 Å². The third-order valence-corrected chi connectivity index (χ3v) is 2.56. The predicted molar refractivity (Wildman–Crippen MR) is 75.3 cm³/mol. The quantitative estimate of drug-likeness (QED) is 0.798. The third kappa shape index (κ3) is 5.84. The number of carbonyl (C=O) groups excluding carboxylic acids is 1. The van der Waals surface area contributed by atoms with E-state index in [1.165, 1.54) is 0 Å². The van der Waals surface area contributed by atoms with Gasteiger partial charge >= 0.3 is 11.9 Å². The Kier molecular flexibility index (Phi) is 5.27. The van der Waals surface area contributed by atoms with Gasteiger partial charge in [-0.2, -0.15) is 0 Å². The maximum atomic E-state index is 11.7. The molecule has 5 nitrogen and oxygen atoms in total. The molecule has 0 aromatic heterocycles. The van der Waals surface area contributed by atoms with Gasteiger partial charge in [0.15, 0.2) is 0 Å². The van der Waals surface area contributed by atoms with Crippen LogP contribution in [-0.4, -0.2) is 28.7 Å². The van der Waals surface area contributed by atoms with E-state index in [4.69, 9.17) is 15.6 Å². The molecule has 0 spiro atoms. The van der Waals surface area contributed by atoms with Crippen molar-refractivity contribution in [2.75, 3.05) is 0 Å². The van der Waals surface area contributed by atoms with Crippen molar-refractivity contribution in [3.8, 4) is 0 Å². The lowest BCUT2D eigenvalue weighted by molar-refractivity contribution is -0.153. The average Bonchev–Trinajstić information content (AvgIpc) is 2.28. The number of ether oxygens (including phenoxy) is 1. The van der Waals surface area contributed by atoms with Crippen molar-refractivity contribution in [3.63, 3.8) is 0 Å². The van der Waals surface area contributed by atoms with Gasteiger partial charge in [-0.1, -0.05) is 24.3 Å². The zero-order valence-corrected chi connectivity index (χ0v) is 12.1. The van der Waals surface area contributed by atoms with Crippen LogP contribution in [0.15, 0.2) is 24.3 Å². The first-order valence-corrected chi connectivity index (χ1v) is 6.45. The molecule has 20 heavy (non-hydrogen) atoms. The van der Waals surface area contributed by atoms with E-state index in [-0.39, 0.29) is 18.8 Å². The number of carboxylic acid groups (broad SMARTS) is 1. The Morgan fingerprint density at radius 3 is 2.15 bits per heavy atom. The standard InChI is InChI=1S/C15H21NO4/c1-15(2,3)20-13(17)9-11-6-4-10(5-7-11)8-12(16)14(18)19/h4-7,12H,8-9,16H2,1-3H3,(H,18,19)/t12-/m1/s1. The van der Waals surface area contributed by atoms with Crippen LogP contribution in [0.3, 0.4) is 0 Å². The number of hydrogen-bond acceptors (Lipinski definition) is 4. The van der Waals surface area contributed by atoms with E-state index in [0.29, 0.717) is 0 Å². The Bertz CT molecular complexity index is 474. The van der Waals surface area contributed by atoms with Gasteiger partial charge in [0.2, 0.25) is 0 Å². The van der Waals surface area contributed by atoms with E-state index >= 15 is 0 Å². The molecule has 0 radical (unpaired) electrons. The van der Waals surface area contributed by atoms with Crippen molar-refractivity contribution in [1.29, 1.82) is 0 Å². The highest BCUT2D eigenvalue weighted by atomic mass is 16.6. The van der Waals surface area contributed by atoms with Crippen LogP contribution in [0.2, 0.25) is 0 Å². The fraction of sp³-hybridized carbons (Fsp3) is 0.467. The van der Waals surface area contributed by atoms with Crippen molar-refractivity contribution >= 4 is 11.9 Å². The lowest BCUT2D eigenvalue weighted by Gasteiger charge is -2.19. The van der Waals surface area contributed by atoms with E-state index < -0.39 is 17.6 Å². The molecule has 0 aliphatic heterocycles. The van der Waals surface area contributed by atoms with Gasteiger partial charge < -0.3 is 15.6 Å². The van der Waals surface area contributed by atoms with Crippen LogP contribution < -0.4 is 5.73 Å². The summed E-state index contributed by atoms with van der Waals surface area (Å²) in [5.41, 5.74) is 6.62. The Morgan fingerprint density at radius 2 is 1.70 bits per heavy atom. The highest BCUT2D eigenvalue weighted by Gasteiger charge is 2.16. The number of esters is 1. The Balaban J connectivity index is 2.59. The summed E-state index contributed by atoms with van der Waals surface area (Å²) >= 11 is 0. The van der Waals surface area contributed by atoms with Crippen LogP contribution in [0.5, 0.6) is 0 Å². The molecule has 0 aliphatic rings. The van der Waals surface area contributed by atoms with Gasteiger partial charge in [-0.05, 0) is 38.3 Å². The molecule has 1 aromatic rings. The fourth-order valence-electron chi connectivity index (χ4n) is 1.68. The van der Waals surface area contributed by atoms with Gasteiger partial charge in [0.25, 0.3) is 0 Å². The summed E-state index contributed by atoms with van der Waals surface area (Å²) in [7, 11) is 0. The molecule has 0 bridgehead atoms. The first-order valence-electron chi connectivity index (χ1n) is 6.45. The van der Waals surface area contributed by atoms with Crippen LogP contribution in [0.25, 0.3) is 0 Å². The number of aliphatic carboxylic acids is 1. The number of carbonyl (C=O) groups is 2. The molecule has 0 amide bonds. The molecule has 110 valence electrons. The first-order chi connectivity index (χ1) is 9.17. The monoisotopic (exact) mass is 279 g/mol. The van der Waals surface area contributed by atoms with Crippen molar-refractivity contribution in [1.82, 2.24) is 0 Å². The number of hydrogen-bond donors (Lipinski definition) is 2.